The van der Waals surface area contributed by atoms with Gasteiger partial charge in [-0.3, -0.25) is 4.79 Å². The van der Waals surface area contributed by atoms with Gasteiger partial charge in [-0.15, -0.1) is 5.10 Å². The number of hydrogen-bond acceptors (Lipinski definition) is 5. The lowest BCUT2D eigenvalue weighted by molar-refractivity contribution is 0.0668. The first-order valence-corrected chi connectivity index (χ1v) is 7.21. The van der Waals surface area contributed by atoms with E-state index in [4.69, 9.17) is 0 Å². The molecule has 7 nitrogen and oxygen atoms in total. The van der Waals surface area contributed by atoms with E-state index in [2.05, 4.69) is 20.8 Å². The molecule has 1 aromatic carbocycles. The number of piperidine rings is 1. The first kappa shape index (κ1) is 12.5. The first-order chi connectivity index (χ1) is 10.3. The third kappa shape index (κ3) is 2.09. The third-order valence-electron chi connectivity index (χ3n) is 4.28. The van der Waals surface area contributed by atoms with E-state index < -0.39 is 0 Å². The quantitative estimate of drug-likeness (QED) is 0.862. The Morgan fingerprint density at radius 2 is 2.10 bits per heavy atom. The van der Waals surface area contributed by atoms with Gasteiger partial charge in [0.2, 0.25) is 0 Å². The molecular formula is C14H16N6O. The highest BCUT2D eigenvalue weighted by atomic mass is 16.2. The summed E-state index contributed by atoms with van der Waals surface area (Å²) < 4.78 is 1.61. The Balaban J connectivity index is 1.63. The summed E-state index contributed by atoms with van der Waals surface area (Å²) in [7, 11) is 0. The number of nitrogens with zero attached hydrogens (tertiary/aromatic N) is 5. The van der Waals surface area contributed by atoms with Gasteiger partial charge in [0.05, 0.1) is 5.69 Å². The van der Waals surface area contributed by atoms with Crippen LogP contribution >= 0.6 is 0 Å². The molecule has 1 saturated heterocycles. The molecule has 0 bridgehead atoms. The van der Waals surface area contributed by atoms with Crippen LogP contribution in [0.25, 0.3) is 5.69 Å². The van der Waals surface area contributed by atoms with Crippen LogP contribution in [0.4, 0.5) is 0 Å². The summed E-state index contributed by atoms with van der Waals surface area (Å²) in [5, 5.41) is 14.5. The number of carbonyl (C=O) groups excluding carboxylic acids is 1. The van der Waals surface area contributed by atoms with E-state index in [0.717, 1.165) is 42.7 Å². The van der Waals surface area contributed by atoms with Crippen molar-refractivity contribution in [2.75, 3.05) is 13.1 Å². The lowest BCUT2D eigenvalue weighted by atomic mass is 10.1. The summed E-state index contributed by atoms with van der Waals surface area (Å²) in [4.78, 5) is 14.6. The van der Waals surface area contributed by atoms with Gasteiger partial charge in [-0.1, -0.05) is 0 Å². The predicted octanol–water partition coefficient (Wildman–Crippen LogP) is 0.370. The second-order valence-corrected chi connectivity index (χ2v) is 5.51. The van der Waals surface area contributed by atoms with Crippen LogP contribution in [0.3, 0.4) is 0 Å². The van der Waals surface area contributed by atoms with Gasteiger partial charge in [-0.25, -0.2) is 4.68 Å². The van der Waals surface area contributed by atoms with Crippen molar-refractivity contribution in [1.29, 1.82) is 0 Å². The van der Waals surface area contributed by atoms with Gasteiger partial charge in [-0.05, 0) is 60.1 Å². The van der Waals surface area contributed by atoms with E-state index in [-0.39, 0.29) is 5.91 Å². The molecule has 0 atom stereocenters. The number of aromatic nitrogens is 4. The molecule has 1 N–H and O–H groups in total. The number of benzene rings is 1. The number of amides is 1. The molecule has 0 saturated carbocycles. The topological polar surface area (TPSA) is 75.9 Å². The average Bonchev–Trinajstić information content (AvgIpc) is 3.16. The number of carbonyl (C=O) groups is 1. The van der Waals surface area contributed by atoms with Crippen molar-refractivity contribution < 1.29 is 4.79 Å². The smallest absolute Gasteiger partial charge is 0.254 e. The van der Waals surface area contributed by atoms with Crippen molar-refractivity contribution in [3.63, 3.8) is 0 Å². The number of fused-ring (bicyclic) bond motifs is 1. The fourth-order valence-corrected chi connectivity index (χ4v) is 3.16. The number of rotatable bonds is 2. The van der Waals surface area contributed by atoms with Crippen molar-refractivity contribution >= 4 is 5.91 Å². The average molecular weight is 284 g/mol. The monoisotopic (exact) mass is 284 g/mol. The molecule has 7 heteroatoms. The van der Waals surface area contributed by atoms with Crippen LogP contribution in [0.15, 0.2) is 24.5 Å². The van der Waals surface area contributed by atoms with Gasteiger partial charge in [0, 0.05) is 18.2 Å². The molecule has 1 fully saturated rings. The van der Waals surface area contributed by atoms with E-state index in [1.807, 2.05) is 23.1 Å². The van der Waals surface area contributed by atoms with Crippen LogP contribution < -0.4 is 5.32 Å². The normalized spacial score (nSPS) is 19.0. The molecule has 2 aliphatic heterocycles. The highest BCUT2D eigenvalue weighted by Crippen LogP contribution is 2.28. The predicted molar refractivity (Wildman–Crippen MR) is 74.9 cm³/mol. The second kappa shape index (κ2) is 4.92. The maximum Gasteiger partial charge on any atom is 0.254 e. The van der Waals surface area contributed by atoms with Crippen LogP contribution in [0.5, 0.6) is 0 Å². The zero-order chi connectivity index (χ0) is 14.2. The van der Waals surface area contributed by atoms with Crippen molar-refractivity contribution in [2.24, 2.45) is 0 Å². The lowest BCUT2D eigenvalue weighted by Crippen LogP contribution is -2.43. The minimum absolute atomic E-state index is 0.153. The zero-order valence-corrected chi connectivity index (χ0v) is 11.6. The van der Waals surface area contributed by atoms with Crippen LogP contribution in [0, 0.1) is 0 Å². The van der Waals surface area contributed by atoms with Crippen molar-refractivity contribution in [3.8, 4) is 5.69 Å². The van der Waals surface area contributed by atoms with Crippen molar-refractivity contribution in [1.82, 2.24) is 30.4 Å². The molecule has 1 aromatic heterocycles. The summed E-state index contributed by atoms with van der Waals surface area (Å²) >= 11 is 0. The molecular weight excluding hydrogens is 268 g/mol. The molecule has 2 aromatic rings. The Morgan fingerprint density at radius 3 is 2.86 bits per heavy atom. The van der Waals surface area contributed by atoms with Crippen LogP contribution in [0.2, 0.25) is 0 Å². The first-order valence-electron chi connectivity index (χ1n) is 7.21. The van der Waals surface area contributed by atoms with Crippen LogP contribution in [0.1, 0.15) is 28.8 Å². The lowest BCUT2D eigenvalue weighted by Gasteiger charge is -2.31. The zero-order valence-electron chi connectivity index (χ0n) is 11.6. The summed E-state index contributed by atoms with van der Waals surface area (Å²) in [6.45, 7) is 2.66. The molecule has 4 rings (SSSR count). The number of tetrazole rings is 1. The Kier molecular flexibility index (Phi) is 2.92. The highest BCUT2D eigenvalue weighted by molar-refractivity contribution is 5.98. The summed E-state index contributed by atoms with van der Waals surface area (Å²) in [5.41, 5.74) is 2.76. The van der Waals surface area contributed by atoms with Gasteiger partial charge in [0.15, 0.2) is 0 Å². The van der Waals surface area contributed by atoms with E-state index in [1.54, 1.807) is 11.0 Å². The van der Waals surface area contributed by atoms with E-state index >= 15 is 0 Å². The van der Waals surface area contributed by atoms with E-state index in [0.29, 0.717) is 12.6 Å². The Bertz CT molecular complexity index is 662. The van der Waals surface area contributed by atoms with E-state index in [9.17, 15) is 4.79 Å². The van der Waals surface area contributed by atoms with Gasteiger partial charge in [0.25, 0.3) is 5.91 Å². The summed E-state index contributed by atoms with van der Waals surface area (Å²) in [6.07, 6.45) is 3.61. The SMILES string of the molecule is O=C1c2ccc(-n3cnnn3)cc2CN1C1CCNCC1. The van der Waals surface area contributed by atoms with Crippen LogP contribution in [-0.4, -0.2) is 50.1 Å². The molecule has 21 heavy (non-hydrogen) atoms. The standard InChI is InChI=1S/C14H16N6O/c21-14-13-2-1-12(20-9-16-17-18-20)7-10(13)8-19(14)11-3-5-15-6-4-11/h1-2,7,9,11,15H,3-6,8H2. The molecule has 108 valence electrons. The molecule has 1 amide bonds. The Labute approximate surface area is 121 Å². The fourth-order valence-electron chi connectivity index (χ4n) is 3.16. The van der Waals surface area contributed by atoms with Gasteiger partial charge < -0.3 is 10.2 Å². The molecule has 0 radical (unpaired) electrons. The van der Waals surface area contributed by atoms with Gasteiger partial charge >= 0.3 is 0 Å². The van der Waals surface area contributed by atoms with Crippen molar-refractivity contribution in [3.05, 3.63) is 35.7 Å². The fraction of sp³-hybridized carbons (Fsp3) is 0.429. The Morgan fingerprint density at radius 1 is 1.24 bits per heavy atom. The molecule has 3 heterocycles. The molecule has 0 aliphatic carbocycles. The number of nitrogens with one attached hydrogen (secondary N) is 1. The minimum Gasteiger partial charge on any atom is -0.331 e. The summed E-state index contributed by atoms with van der Waals surface area (Å²) in [6, 6.07) is 6.13. The summed E-state index contributed by atoms with van der Waals surface area (Å²) in [5.74, 6) is 0.153. The number of hydrogen-bond donors (Lipinski definition) is 1. The highest BCUT2D eigenvalue weighted by Gasteiger charge is 2.33. The second-order valence-electron chi connectivity index (χ2n) is 5.51. The largest absolute Gasteiger partial charge is 0.331 e. The van der Waals surface area contributed by atoms with Gasteiger partial charge in [-0.2, -0.15) is 0 Å². The molecule has 0 spiro atoms. The van der Waals surface area contributed by atoms with Crippen molar-refractivity contribution in [2.45, 2.75) is 25.4 Å². The minimum atomic E-state index is 0.153. The maximum absolute atomic E-state index is 12.6. The third-order valence-corrected chi connectivity index (χ3v) is 4.28. The molecule has 0 unspecified atom stereocenters. The van der Waals surface area contributed by atoms with E-state index in [1.165, 1.54) is 0 Å². The maximum atomic E-state index is 12.6. The van der Waals surface area contributed by atoms with Gasteiger partial charge in [0.1, 0.15) is 6.33 Å². The molecule has 2 aliphatic rings. The van der Waals surface area contributed by atoms with Crippen LogP contribution in [-0.2, 0) is 6.54 Å². The Hall–Kier alpha value is -2.28.